The quantitative estimate of drug-likeness (QED) is 0.518. The summed E-state index contributed by atoms with van der Waals surface area (Å²) in [5.74, 6) is 0.413. The molecule has 4 rings (SSSR count). The van der Waals surface area contributed by atoms with Crippen LogP contribution in [0.4, 0.5) is 15.9 Å². The zero-order valence-electron chi connectivity index (χ0n) is 12.9. The van der Waals surface area contributed by atoms with Gasteiger partial charge in [-0.2, -0.15) is 0 Å². The van der Waals surface area contributed by atoms with E-state index in [4.69, 9.17) is 0 Å². The number of hydrogen-bond donors (Lipinski definition) is 1. The van der Waals surface area contributed by atoms with Crippen molar-refractivity contribution < 1.29 is 4.39 Å². The van der Waals surface area contributed by atoms with Crippen LogP contribution in [0.3, 0.4) is 0 Å². The first-order valence-corrected chi connectivity index (χ1v) is 7.76. The van der Waals surface area contributed by atoms with Gasteiger partial charge < -0.3 is 5.32 Å². The predicted molar refractivity (Wildman–Crippen MR) is 96.9 cm³/mol. The van der Waals surface area contributed by atoms with E-state index in [2.05, 4.69) is 40.6 Å². The number of fused-ring (bicyclic) bond motifs is 1. The van der Waals surface area contributed by atoms with Gasteiger partial charge in [0.1, 0.15) is 11.6 Å². The van der Waals surface area contributed by atoms with E-state index in [1.165, 1.54) is 22.9 Å². The Balaban J connectivity index is 1.74. The molecule has 2 nitrogen and oxygen atoms in total. The van der Waals surface area contributed by atoms with Crippen LogP contribution in [0.5, 0.6) is 0 Å². The molecule has 0 aliphatic heterocycles. The van der Waals surface area contributed by atoms with Gasteiger partial charge in [0.25, 0.3) is 0 Å². The Hall–Kier alpha value is -3.20. The molecular weight excluding hydrogens is 299 g/mol. The van der Waals surface area contributed by atoms with Crippen molar-refractivity contribution in [1.82, 2.24) is 4.98 Å². The van der Waals surface area contributed by atoms with Crippen LogP contribution in [0.2, 0.25) is 0 Å². The van der Waals surface area contributed by atoms with E-state index in [9.17, 15) is 4.39 Å². The number of halogens is 1. The molecule has 0 atom stereocenters. The van der Waals surface area contributed by atoms with E-state index in [-0.39, 0.29) is 5.82 Å². The number of pyridine rings is 1. The highest BCUT2D eigenvalue weighted by molar-refractivity contribution is 5.96. The fraction of sp³-hybridized carbons (Fsp3) is 0. The molecule has 1 heterocycles. The molecule has 0 saturated carbocycles. The Morgan fingerprint density at radius 1 is 0.792 bits per heavy atom. The van der Waals surface area contributed by atoms with Gasteiger partial charge in [-0.05, 0) is 52.2 Å². The summed E-state index contributed by atoms with van der Waals surface area (Å²) >= 11 is 0. The highest BCUT2D eigenvalue weighted by Gasteiger charge is 2.05. The van der Waals surface area contributed by atoms with Gasteiger partial charge in [-0.1, -0.05) is 48.5 Å². The molecule has 4 aromatic rings. The summed E-state index contributed by atoms with van der Waals surface area (Å²) in [6.07, 6.45) is 1.76. The molecular formula is C21H15FN2. The maximum absolute atomic E-state index is 13.3. The van der Waals surface area contributed by atoms with Gasteiger partial charge in [0.15, 0.2) is 0 Å². The lowest BCUT2D eigenvalue weighted by Gasteiger charge is -2.10. The first-order valence-electron chi connectivity index (χ1n) is 7.76. The first-order chi connectivity index (χ1) is 11.8. The Kier molecular flexibility index (Phi) is 3.67. The van der Waals surface area contributed by atoms with E-state index in [1.807, 2.05) is 30.3 Å². The fourth-order valence-electron chi connectivity index (χ4n) is 2.86. The average molecular weight is 314 g/mol. The van der Waals surface area contributed by atoms with Crippen molar-refractivity contribution in [1.29, 1.82) is 0 Å². The third-order valence-corrected chi connectivity index (χ3v) is 3.96. The van der Waals surface area contributed by atoms with Crippen LogP contribution < -0.4 is 5.32 Å². The lowest BCUT2D eigenvalue weighted by Crippen LogP contribution is -1.94. The van der Waals surface area contributed by atoms with Crippen molar-refractivity contribution in [3.05, 3.63) is 90.9 Å². The number of nitrogens with zero attached hydrogens (tertiary/aromatic N) is 1. The molecule has 0 bridgehead atoms. The molecule has 0 spiro atoms. The molecule has 0 saturated heterocycles. The van der Waals surface area contributed by atoms with Crippen LogP contribution >= 0.6 is 0 Å². The predicted octanol–water partition coefficient (Wildman–Crippen LogP) is 5.78. The van der Waals surface area contributed by atoms with Gasteiger partial charge in [0, 0.05) is 11.9 Å². The molecule has 24 heavy (non-hydrogen) atoms. The van der Waals surface area contributed by atoms with Gasteiger partial charge >= 0.3 is 0 Å². The Morgan fingerprint density at radius 2 is 1.62 bits per heavy atom. The van der Waals surface area contributed by atoms with Gasteiger partial charge in [-0.25, -0.2) is 9.37 Å². The Morgan fingerprint density at radius 3 is 2.54 bits per heavy atom. The van der Waals surface area contributed by atoms with E-state index in [0.29, 0.717) is 11.5 Å². The minimum atomic E-state index is -0.273. The second kappa shape index (κ2) is 6.13. The summed E-state index contributed by atoms with van der Waals surface area (Å²) in [7, 11) is 0. The zero-order valence-corrected chi connectivity index (χ0v) is 12.9. The minimum Gasteiger partial charge on any atom is -0.340 e. The number of hydrogen-bond acceptors (Lipinski definition) is 2. The largest absolute Gasteiger partial charge is 0.340 e. The highest BCUT2D eigenvalue weighted by Crippen LogP contribution is 2.30. The minimum absolute atomic E-state index is 0.273. The van der Waals surface area contributed by atoms with Crippen LogP contribution in [0, 0.1) is 5.82 Å². The second-order valence-corrected chi connectivity index (χ2v) is 5.59. The normalized spacial score (nSPS) is 10.7. The monoisotopic (exact) mass is 314 g/mol. The third kappa shape index (κ3) is 2.84. The van der Waals surface area contributed by atoms with Gasteiger partial charge in [0.2, 0.25) is 0 Å². The molecule has 3 aromatic carbocycles. The lowest BCUT2D eigenvalue weighted by atomic mass is 9.99. The summed E-state index contributed by atoms with van der Waals surface area (Å²) < 4.78 is 13.3. The fourth-order valence-corrected chi connectivity index (χ4v) is 2.86. The molecule has 0 unspecified atom stereocenters. The average Bonchev–Trinajstić information content (AvgIpc) is 2.61. The van der Waals surface area contributed by atoms with Crippen molar-refractivity contribution in [2.45, 2.75) is 0 Å². The van der Waals surface area contributed by atoms with Crippen LogP contribution in [0.25, 0.3) is 21.9 Å². The van der Waals surface area contributed by atoms with Crippen LogP contribution in [-0.4, -0.2) is 4.98 Å². The third-order valence-electron chi connectivity index (χ3n) is 3.96. The maximum atomic E-state index is 13.3. The van der Waals surface area contributed by atoms with E-state index >= 15 is 0 Å². The summed E-state index contributed by atoms with van der Waals surface area (Å²) in [6.45, 7) is 0. The topological polar surface area (TPSA) is 24.9 Å². The Bertz CT molecular complexity index is 1010. The van der Waals surface area contributed by atoms with Crippen LogP contribution in [-0.2, 0) is 0 Å². The first kappa shape index (κ1) is 14.4. The molecule has 0 amide bonds. The number of aromatic nitrogens is 1. The summed E-state index contributed by atoms with van der Waals surface area (Å²) in [5, 5.41) is 5.55. The zero-order chi connectivity index (χ0) is 16.4. The number of benzene rings is 3. The SMILES string of the molecule is Fc1cccc(Nc2cc(-c3cccc4ccccc34)ccn2)c1. The van der Waals surface area contributed by atoms with Crippen molar-refractivity contribution in [2.24, 2.45) is 0 Å². The standard InChI is InChI=1S/C21H15FN2/c22-17-7-4-8-18(14-17)24-21-13-16(11-12-23-21)20-10-3-6-15-5-1-2-9-19(15)20/h1-14H,(H,23,24). The van der Waals surface area contributed by atoms with Crippen molar-refractivity contribution >= 4 is 22.3 Å². The van der Waals surface area contributed by atoms with E-state index < -0.39 is 0 Å². The highest BCUT2D eigenvalue weighted by atomic mass is 19.1. The molecule has 0 fully saturated rings. The number of nitrogens with one attached hydrogen (secondary N) is 1. The number of anilines is 2. The van der Waals surface area contributed by atoms with Crippen molar-refractivity contribution in [2.75, 3.05) is 5.32 Å². The molecule has 1 N–H and O–H groups in total. The van der Waals surface area contributed by atoms with Crippen LogP contribution in [0.1, 0.15) is 0 Å². The van der Waals surface area contributed by atoms with Crippen molar-refractivity contribution in [3.63, 3.8) is 0 Å². The van der Waals surface area contributed by atoms with Crippen LogP contribution in [0.15, 0.2) is 85.1 Å². The summed E-state index contributed by atoms with van der Waals surface area (Å²) in [4.78, 5) is 4.34. The second-order valence-electron chi connectivity index (χ2n) is 5.59. The van der Waals surface area contributed by atoms with E-state index in [1.54, 1.807) is 12.3 Å². The molecule has 3 heteroatoms. The lowest BCUT2D eigenvalue weighted by molar-refractivity contribution is 0.628. The number of rotatable bonds is 3. The van der Waals surface area contributed by atoms with Gasteiger partial charge in [0.05, 0.1) is 0 Å². The smallest absolute Gasteiger partial charge is 0.130 e. The molecule has 0 aliphatic carbocycles. The molecule has 0 aliphatic rings. The van der Waals surface area contributed by atoms with Gasteiger partial charge in [-0.3, -0.25) is 0 Å². The molecule has 116 valence electrons. The van der Waals surface area contributed by atoms with Crippen molar-refractivity contribution in [3.8, 4) is 11.1 Å². The maximum Gasteiger partial charge on any atom is 0.130 e. The van der Waals surface area contributed by atoms with Gasteiger partial charge in [-0.15, -0.1) is 0 Å². The molecule has 0 radical (unpaired) electrons. The summed E-state index contributed by atoms with van der Waals surface area (Å²) in [5.41, 5.74) is 2.90. The Labute approximate surface area is 139 Å². The molecule has 1 aromatic heterocycles. The van der Waals surface area contributed by atoms with E-state index in [0.717, 1.165) is 11.1 Å². The summed E-state index contributed by atoms with van der Waals surface area (Å²) in [6, 6.07) is 24.9.